The van der Waals surface area contributed by atoms with Crippen LogP contribution in [0.2, 0.25) is 0 Å². The van der Waals surface area contributed by atoms with E-state index < -0.39 is 11.7 Å². The molecule has 0 bridgehead atoms. The lowest BCUT2D eigenvalue weighted by Gasteiger charge is -2.20. The van der Waals surface area contributed by atoms with Crippen molar-refractivity contribution in [3.8, 4) is 17.1 Å². The highest BCUT2D eigenvalue weighted by Gasteiger charge is 2.30. The molecule has 0 radical (unpaired) electrons. The Morgan fingerprint density at radius 1 is 1.18 bits per heavy atom. The number of carbonyl (C=O) groups is 1. The number of methoxy groups -OCH3 is 1. The lowest BCUT2D eigenvalue weighted by atomic mass is 10.1. The average Bonchev–Trinajstić information content (AvgIpc) is 3.44. The zero-order chi connectivity index (χ0) is 23.6. The first-order valence-corrected chi connectivity index (χ1v) is 10.5. The van der Waals surface area contributed by atoms with E-state index in [0.29, 0.717) is 22.3 Å². The number of nitrogens with zero attached hydrogens (tertiary/aromatic N) is 6. The molecule has 4 rings (SSSR count). The summed E-state index contributed by atoms with van der Waals surface area (Å²) in [5.41, 5.74) is 0.526. The molecule has 0 aliphatic heterocycles. The minimum atomic E-state index is -4.47. The standard InChI is InChI=1S/C21H17F3N6O2S/c1-13(31)30(17-8-3-4-9-18(17)32-2)20-25-16(12-33-20)11-29-27-19(26-28-29)14-6-5-7-15(10-14)21(22,23)24/h3-10,12H,11H2,1-2H3. The van der Waals surface area contributed by atoms with Gasteiger partial charge in [-0.25, -0.2) is 4.98 Å². The molecule has 1 amide bonds. The quantitative estimate of drug-likeness (QED) is 0.407. The van der Waals surface area contributed by atoms with Crippen LogP contribution in [0.1, 0.15) is 18.2 Å². The first kappa shape index (κ1) is 22.4. The summed E-state index contributed by atoms with van der Waals surface area (Å²) >= 11 is 1.25. The smallest absolute Gasteiger partial charge is 0.416 e. The Hall–Kier alpha value is -3.80. The summed E-state index contributed by atoms with van der Waals surface area (Å²) in [6.07, 6.45) is -4.47. The van der Waals surface area contributed by atoms with E-state index in [1.54, 1.807) is 29.6 Å². The van der Waals surface area contributed by atoms with Gasteiger partial charge in [0.15, 0.2) is 5.13 Å². The number of alkyl halides is 3. The third-order valence-corrected chi connectivity index (χ3v) is 5.45. The second-order valence-electron chi connectivity index (χ2n) is 6.87. The number of carbonyl (C=O) groups excluding carboxylic acids is 1. The summed E-state index contributed by atoms with van der Waals surface area (Å²) in [5, 5.41) is 14.1. The molecular formula is C21H17F3N6O2S. The lowest BCUT2D eigenvalue weighted by molar-refractivity contribution is -0.137. The molecule has 0 fully saturated rings. The fourth-order valence-electron chi connectivity index (χ4n) is 3.10. The molecule has 0 unspecified atom stereocenters. The van der Waals surface area contributed by atoms with Crippen LogP contribution in [-0.4, -0.2) is 38.2 Å². The third-order valence-electron chi connectivity index (χ3n) is 4.58. The van der Waals surface area contributed by atoms with Gasteiger partial charge in [-0.05, 0) is 29.5 Å². The minimum Gasteiger partial charge on any atom is -0.495 e. The van der Waals surface area contributed by atoms with Crippen molar-refractivity contribution >= 4 is 28.1 Å². The maximum atomic E-state index is 13.0. The predicted octanol–water partition coefficient (Wildman–Crippen LogP) is 4.56. The number of tetrazole rings is 1. The Labute approximate surface area is 190 Å². The summed E-state index contributed by atoms with van der Waals surface area (Å²) in [5.74, 6) is 0.343. The lowest BCUT2D eigenvalue weighted by Crippen LogP contribution is -2.23. The molecule has 0 saturated carbocycles. The van der Waals surface area contributed by atoms with Crippen molar-refractivity contribution in [3.63, 3.8) is 0 Å². The number of ether oxygens (including phenoxy) is 1. The summed E-state index contributed by atoms with van der Waals surface area (Å²) in [7, 11) is 1.52. The summed E-state index contributed by atoms with van der Waals surface area (Å²) in [4.78, 5) is 19.5. The van der Waals surface area contributed by atoms with Crippen LogP contribution in [0.4, 0.5) is 24.0 Å². The van der Waals surface area contributed by atoms with Crippen molar-refractivity contribution in [3.05, 3.63) is 65.2 Å². The van der Waals surface area contributed by atoms with Gasteiger partial charge < -0.3 is 4.74 Å². The highest BCUT2D eigenvalue weighted by Crippen LogP contribution is 2.35. The van der Waals surface area contributed by atoms with Crippen molar-refractivity contribution in [1.82, 2.24) is 25.2 Å². The first-order valence-electron chi connectivity index (χ1n) is 9.60. The Bertz CT molecular complexity index is 1290. The molecule has 4 aromatic rings. The Kier molecular flexibility index (Phi) is 6.09. The van der Waals surface area contributed by atoms with Gasteiger partial charge in [-0.15, -0.1) is 21.5 Å². The van der Waals surface area contributed by atoms with E-state index in [9.17, 15) is 18.0 Å². The molecule has 0 N–H and O–H groups in total. The molecule has 0 atom stereocenters. The largest absolute Gasteiger partial charge is 0.495 e. The molecule has 170 valence electrons. The zero-order valence-electron chi connectivity index (χ0n) is 17.4. The SMILES string of the molecule is COc1ccccc1N(C(C)=O)c1nc(Cn2nnc(-c3cccc(C(F)(F)F)c3)n2)cs1. The van der Waals surface area contributed by atoms with Crippen LogP contribution in [0.25, 0.3) is 11.4 Å². The van der Waals surface area contributed by atoms with Gasteiger partial charge in [-0.3, -0.25) is 9.69 Å². The molecule has 8 nitrogen and oxygen atoms in total. The van der Waals surface area contributed by atoms with Crippen LogP contribution < -0.4 is 9.64 Å². The van der Waals surface area contributed by atoms with E-state index in [4.69, 9.17) is 4.74 Å². The summed E-state index contributed by atoms with van der Waals surface area (Å²) in [6.45, 7) is 1.55. The average molecular weight is 474 g/mol. The second kappa shape index (κ2) is 8.98. The molecule has 2 heterocycles. The fourth-order valence-corrected chi connectivity index (χ4v) is 3.97. The number of thiazole rings is 1. The Morgan fingerprint density at radius 3 is 2.70 bits per heavy atom. The number of halogens is 3. The normalized spacial score (nSPS) is 11.4. The van der Waals surface area contributed by atoms with Gasteiger partial charge in [0.25, 0.3) is 0 Å². The summed E-state index contributed by atoms with van der Waals surface area (Å²) in [6, 6.07) is 11.8. The molecule has 12 heteroatoms. The van der Waals surface area contributed by atoms with Crippen LogP contribution >= 0.6 is 11.3 Å². The van der Waals surface area contributed by atoms with Gasteiger partial charge in [0.2, 0.25) is 11.7 Å². The highest BCUT2D eigenvalue weighted by atomic mass is 32.1. The minimum absolute atomic E-state index is 0.0657. The van der Waals surface area contributed by atoms with Gasteiger partial charge in [-0.1, -0.05) is 24.3 Å². The topological polar surface area (TPSA) is 86.0 Å². The number of rotatable bonds is 6. The van der Waals surface area contributed by atoms with Gasteiger partial charge in [0.05, 0.1) is 24.1 Å². The maximum Gasteiger partial charge on any atom is 0.416 e. The molecule has 0 aliphatic rings. The van der Waals surface area contributed by atoms with Crippen LogP contribution in [-0.2, 0) is 17.5 Å². The van der Waals surface area contributed by atoms with Crippen LogP contribution in [0.15, 0.2) is 53.9 Å². The highest BCUT2D eigenvalue weighted by molar-refractivity contribution is 7.14. The molecule has 0 spiro atoms. The number of hydrogen-bond donors (Lipinski definition) is 0. The van der Waals surface area contributed by atoms with E-state index >= 15 is 0 Å². The van der Waals surface area contributed by atoms with Crippen molar-refractivity contribution in [1.29, 1.82) is 0 Å². The number of amides is 1. The Balaban J connectivity index is 1.56. The third kappa shape index (κ3) is 4.85. The van der Waals surface area contributed by atoms with E-state index in [2.05, 4.69) is 20.4 Å². The van der Waals surface area contributed by atoms with Crippen LogP contribution in [0, 0.1) is 0 Å². The molecule has 33 heavy (non-hydrogen) atoms. The van der Waals surface area contributed by atoms with E-state index in [0.717, 1.165) is 12.1 Å². The number of para-hydroxylation sites is 2. The number of benzene rings is 2. The van der Waals surface area contributed by atoms with Gasteiger partial charge in [0.1, 0.15) is 12.3 Å². The van der Waals surface area contributed by atoms with Crippen molar-refractivity contribution in [2.45, 2.75) is 19.6 Å². The molecular weight excluding hydrogens is 457 g/mol. The second-order valence-corrected chi connectivity index (χ2v) is 7.71. The van der Waals surface area contributed by atoms with E-state index in [1.807, 2.05) is 0 Å². The van der Waals surface area contributed by atoms with E-state index in [-0.39, 0.29) is 23.8 Å². The van der Waals surface area contributed by atoms with Crippen molar-refractivity contribution in [2.24, 2.45) is 0 Å². The van der Waals surface area contributed by atoms with Gasteiger partial charge in [-0.2, -0.15) is 18.0 Å². The molecule has 2 aromatic carbocycles. The van der Waals surface area contributed by atoms with Crippen molar-refractivity contribution < 1.29 is 22.7 Å². The first-order chi connectivity index (χ1) is 15.8. The molecule has 0 saturated heterocycles. The number of hydrogen-bond acceptors (Lipinski definition) is 7. The van der Waals surface area contributed by atoms with Crippen LogP contribution in [0.5, 0.6) is 5.75 Å². The van der Waals surface area contributed by atoms with Gasteiger partial charge in [0, 0.05) is 17.9 Å². The van der Waals surface area contributed by atoms with Crippen LogP contribution in [0.3, 0.4) is 0 Å². The zero-order valence-corrected chi connectivity index (χ0v) is 18.3. The molecule has 0 aliphatic carbocycles. The van der Waals surface area contributed by atoms with E-state index in [1.165, 1.54) is 47.2 Å². The van der Waals surface area contributed by atoms with Crippen molar-refractivity contribution in [2.75, 3.05) is 12.0 Å². The monoisotopic (exact) mass is 474 g/mol. The maximum absolute atomic E-state index is 13.0. The predicted molar refractivity (Wildman–Crippen MR) is 115 cm³/mol. The number of anilines is 2. The molecule has 2 aromatic heterocycles. The van der Waals surface area contributed by atoms with Gasteiger partial charge >= 0.3 is 6.18 Å². The Morgan fingerprint density at radius 2 is 1.97 bits per heavy atom. The number of aromatic nitrogens is 5. The summed E-state index contributed by atoms with van der Waals surface area (Å²) < 4.78 is 44.3. The fraction of sp³-hybridized carbons (Fsp3) is 0.190.